The Morgan fingerprint density at radius 1 is 1.10 bits per heavy atom. The SMILES string of the molecule is Cc1ccc2sc(Nc3c(F)ccc(C)c3F)nc2c1. The molecule has 5 heteroatoms. The van der Waals surface area contributed by atoms with Crippen LogP contribution < -0.4 is 5.32 Å². The standard InChI is InChI=1S/C15H12F2N2S/c1-8-3-6-12-11(7-8)18-15(20-12)19-14-10(16)5-4-9(2)13(14)17/h3-7H,1-2H3,(H,18,19). The molecule has 0 bridgehead atoms. The van der Waals surface area contributed by atoms with Gasteiger partial charge in [0.1, 0.15) is 11.5 Å². The molecule has 1 aromatic heterocycles. The molecule has 0 aliphatic carbocycles. The van der Waals surface area contributed by atoms with E-state index in [1.807, 2.05) is 25.1 Å². The third-order valence-electron chi connectivity index (χ3n) is 3.06. The maximum absolute atomic E-state index is 13.9. The second-order valence-corrected chi connectivity index (χ2v) is 5.70. The monoisotopic (exact) mass is 290 g/mol. The Morgan fingerprint density at radius 2 is 1.90 bits per heavy atom. The topological polar surface area (TPSA) is 24.9 Å². The molecule has 2 nitrogen and oxygen atoms in total. The smallest absolute Gasteiger partial charge is 0.188 e. The Hall–Kier alpha value is -2.01. The molecule has 0 saturated heterocycles. The number of nitrogens with one attached hydrogen (secondary N) is 1. The molecule has 0 amide bonds. The van der Waals surface area contributed by atoms with E-state index < -0.39 is 11.6 Å². The molecule has 0 radical (unpaired) electrons. The van der Waals surface area contributed by atoms with Crippen LogP contribution in [0.2, 0.25) is 0 Å². The van der Waals surface area contributed by atoms with Crippen LogP contribution in [-0.4, -0.2) is 4.98 Å². The lowest BCUT2D eigenvalue weighted by Gasteiger charge is -2.07. The van der Waals surface area contributed by atoms with Gasteiger partial charge in [0.05, 0.1) is 10.2 Å². The second-order valence-electron chi connectivity index (χ2n) is 4.67. The van der Waals surface area contributed by atoms with Gasteiger partial charge >= 0.3 is 0 Å². The van der Waals surface area contributed by atoms with Crippen molar-refractivity contribution in [2.75, 3.05) is 5.32 Å². The molecule has 0 aliphatic rings. The highest BCUT2D eigenvalue weighted by atomic mass is 32.1. The van der Waals surface area contributed by atoms with Crippen LogP contribution in [0.1, 0.15) is 11.1 Å². The first kappa shape index (κ1) is 13.0. The van der Waals surface area contributed by atoms with Crippen LogP contribution in [0.3, 0.4) is 0 Å². The van der Waals surface area contributed by atoms with Crippen molar-refractivity contribution in [1.82, 2.24) is 4.98 Å². The zero-order valence-electron chi connectivity index (χ0n) is 11.0. The number of nitrogens with zero attached hydrogens (tertiary/aromatic N) is 1. The lowest BCUT2D eigenvalue weighted by atomic mass is 10.2. The van der Waals surface area contributed by atoms with Crippen molar-refractivity contribution in [3.63, 3.8) is 0 Å². The van der Waals surface area contributed by atoms with Crippen molar-refractivity contribution < 1.29 is 8.78 Å². The van der Waals surface area contributed by atoms with E-state index in [0.717, 1.165) is 15.8 Å². The van der Waals surface area contributed by atoms with E-state index in [4.69, 9.17) is 0 Å². The number of rotatable bonds is 2. The molecule has 20 heavy (non-hydrogen) atoms. The summed E-state index contributed by atoms with van der Waals surface area (Å²) in [7, 11) is 0. The Morgan fingerprint density at radius 3 is 2.70 bits per heavy atom. The van der Waals surface area contributed by atoms with Crippen LogP contribution in [0, 0.1) is 25.5 Å². The molecule has 0 spiro atoms. The van der Waals surface area contributed by atoms with E-state index >= 15 is 0 Å². The van der Waals surface area contributed by atoms with Crippen LogP contribution >= 0.6 is 11.3 Å². The Bertz CT molecular complexity index is 796. The van der Waals surface area contributed by atoms with E-state index in [1.165, 1.54) is 23.5 Å². The summed E-state index contributed by atoms with van der Waals surface area (Å²) in [5.74, 6) is -1.20. The fourth-order valence-electron chi connectivity index (χ4n) is 1.97. The summed E-state index contributed by atoms with van der Waals surface area (Å²) in [5.41, 5.74) is 2.17. The minimum Gasteiger partial charge on any atom is -0.327 e. The van der Waals surface area contributed by atoms with Crippen LogP contribution in [0.25, 0.3) is 10.2 Å². The average molecular weight is 290 g/mol. The maximum Gasteiger partial charge on any atom is 0.188 e. The Kier molecular flexibility index (Phi) is 3.14. The molecule has 0 saturated carbocycles. The number of anilines is 2. The van der Waals surface area contributed by atoms with Crippen LogP contribution in [0.4, 0.5) is 19.6 Å². The number of aromatic nitrogens is 1. The zero-order valence-corrected chi connectivity index (χ0v) is 11.8. The van der Waals surface area contributed by atoms with E-state index in [-0.39, 0.29) is 5.69 Å². The summed E-state index contributed by atoms with van der Waals surface area (Å²) in [5, 5.41) is 3.23. The second kappa shape index (κ2) is 4.83. The van der Waals surface area contributed by atoms with Gasteiger partial charge in [-0.1, -0.05) is 23.5 Å². The third kappa shape index (κ3) is 2.25. The van der Waals surface area contributed by atoms with Gasteiger partial charge in [0, 0.05) is 0 Å². The molecule has 0 fully saturated rings. The highest BCUT2D eigenvalue weighted by molar-refractivity contribution is 7.22. The molecular weight excluding hydrogens is 278 g/mol. The van der Waals surface area contributed by atoms with Crippen molar-refractivity contribution in [3.05, 3.63) is 53.1 Å². The molecule has 3 aromatic rings. The zero-order chi connectivity index (χ0) is 14.3. The van der Waals surface area contributed by atoms with Gasteiger partial charge in [-0.15, -0.1) is 0 Å². The number of thiazole rings is 1. The third-order valence-corrected chi connectivity index (χ3v) is 4.01. The molecule has 3 rings (SSSR count). The predicted octanol–water partition coefficient (Wildman–Crippen LogP) is 4.93. The summed E-state index contributed by atoms with van der Waals surface area (Å²) in [6.07, 6.45) is 0. The minimum absolute atomic E-state index is 0.152. The molecule has 1 N–H and O–H groups in total. The van der Waals surface area contributed by atoms with Gasteiger partial charge in [-0.3, -0.25) is 0 Å². The molecular formula is C15H12F2N2S. The van der Waals surface area contributed by atoms with Gasteiger partial charge in [0.15, 0.2) is 10.9 Å². The number of hydrogen-bond acceptors (Lipinski definition) is 3. The van der Waals surface area contributed by atoms with Crippen LogP contribution in [0.15, 0.2) is 30.3 Å². The summed E-state index contributed by atoms with van der Waals surface area (Å²) < 4.78 is 28.6. The summed E-state index contributed by atoms with van der Waals surface area (Å²) >= 11 is 1.37. The van der Waals surface area contributed by atoms with E-state index in [1.54, 1.807) is 6.92 Å². The normalized spacial score (nSPS) is 11.0. The predicted molar refractivity (Wildman–Crippen MR) is 78.7 cm³/mol. The molecule has 2 aromatic carbocycles. The summed E-state index contributed by atoms with van der Waals surface area (Å²) in [6.45, 7) is 3.58. The van der Waals surface area contributed by atoms with Crippen molar-refractivity contribution in [2.24, 2.45) is 0 Å². The number of fused-ring (bicyclic) bond motifs is 1. The summed E-state index contributed by atoms with van der Waals surface area (Å²) in [4.78, 5) is 4.35. The molecule has 0 aliphatic heterocycles. The number of benzene rings is 2. The first-order valence-corrected chi connectivity index (χ1v) is 6.95. The maximum atomic E-state index is 13.9. The van der Waals surface area contributed by atoms with Crippen molar-refractivity contribution in [3.8, 4) is 0 Å². The fraction of sp³-hybridized carbons (Fsp3) is 0.133. The van der Waals surface area contributed by atoms with Gasteiger partial charge in [0.2, 0.25) is 0 Å². The Balaban J connectivity index is 2.03. The van der Waals surface area contributed by atoms with Gasteiger partial charge in [-0.2, -0.15) is 0 Å². The van der Waals surface area contributed by atoms with Crippen LogP contribution in [-0.2, 0) is 0 Å². The largest absolute Gasteiger partial charge is 0.327 e. The van der Waals surface area contributed by atoms with Crippen molar-refractivity contribution in [1.29, 1.82) is 0 Å². The highest BCUT2D eigenvalue weighted by Gasteiger charge is 2.13. The first-order valence-electron chi connectivity index (χ1n) is 6.13. The van der Waals surface area contributed by atoms with E-state index in [0.29, 0.717) is 10.7 Å². The van der Waals surface area contributed by atoms with E-state index in [9.17, 15) is 8.78 Å². The minimum atomic E-state index is -0.622. The fourth-order valence-corrected chi connectivity index (χ4v) is 2.82. The molecule has 0 atom stereocenters. The molecule has 1 heterocycles. The Labute approximate surface area is 119 Å². The molecule has 0 unspecified atom stereocenters. The average Bonchev–Trinajstić information content (AvgIpc) is 2.81. The molecule has 102 valence electrons. The number of aryl methyl sites for hydroxylation is 2. The lowest BCUT2D eigenvalue weighted by molar-refractivity contribution is 0.585. The van der Waals surface area contributed by atoms with Gasteiger partial charge < -0.3 is 5.32 Å². The van der Waals surface area contributed by atoms with Gasteiger partial charge in [-0.05, 0) is 43.2 Å². The van der Waals surface area contributed by atoms with Crippen molar-refractivity contribution >= 4 is 32.4 Å². The highest BCUT2D eigenvalue weighted by Crippen LogP contribution is 2.31. The number of halogens is 2. The lowest BCUT2D eigenvalue weighted by Crippen LogP contribution is -1.98. The van der Waals surface area contributed by atoms with Gasteiger partial charge in [-0.25, -0.2) is 13.8 Å². The van der Waals surface area contributed by atoms with Crippen molar-refractivity contribution in [2.45, 2.75) is 13.8 Å². The van der Waals surface area contributed by atoms with Gasteiger partial charge in [0.25, 0.3) is 0 Å². The number of hydrogen-bond donors (Lipinski definition) is 1. The van der Waals surface area contributed by atoms with Crippen LogP contribution in [0.5, 0.6) is 0 Å². The first-order chi connectivity index (χ1) is 9.54. The van der Waals surface area contributed by atoms with E-state index in [2.05, 4.69) is 10.3 Å². The summed E-state index contributed by atoms with van der Waals surface area (Å²) in [6, 6.07) is 8.55. The quantitative estimate of drug-likeness (QED) is 0.723.